The van der Waals surface area contributed by atoms with Crippen LogP contribution in [0, 0.1) is 0 Å². The van der Waals surface area contributed by atoms with Crippen LogP contribution in [0.2, 0.25) is 0 Å². The van der Waals surface area contributed by atoms with Gasteiger partial charge in [0, 0.05) is 31.5 Å². The molecule has 1 atom stereocenters. The number of para-hydroxylation sites is 1. The highest BCUT2D eigenvalue weighted by molar-refractivity contribution is 6.12. The second kappa shape index (κ2) is 6.74. The summed E-state index contributed by atoms with van der Waals surface area (Å²) in [6.07, 6.45) is -0.339. The highest BCUT2D eigenvalue weighted by Crippen LogP contribution is 2.41. The first-order valence-electron chi connectivity index (χ1n) is 9.48. The third-order valence-corrected chi connectivity index (χ3v) is 5.29. The van der Waals surface area contributed by atoms with Gasteiger partial charge < -0.3 is 19.7 Å². The molecule has 3 aromatic carbocycles. The normalized spacial score (nSPS) is 17.0. The molecule has 0 saturated heterocycles. The van der Waals surface area contributed by atoms with E-state index in [9.17, 15) is 4.79 Å². The molecule has 0 unspecified atom stereocenters. The van der Waals surface area contributed by atoms with E-state index in [1.165, 1.54) is 0 Å². The Morgan fingerprint density at radius 3 is 2.52 bits per heavy atom. The number of benzene rings is 3. The fourth-order valence-electron chi connectivity index (χ4n) is 3.74. The number of amides is 1. The van der Waals surface area contributed by atoms with E-state index >= 15 is 0 Å². The van der Waals surface area contributed by atoms with Crippen molar-refractivity contribution in [3.05, 3.63) is 77.9 Å². The zero-order valence-electron chi connectivity index (χ0n) is 16.3. The van der Waals surface area contributed by atoms with Crippen LogP contribution in [-0.4, -0.2) is 26.8 Å². The number of carbonyl (C=O) groups is 1. The molecule has 0 aliphatic carbocycles. The Hall–Kier alpha value is -3.67. The quantitative estimate of drug-likeness (QED) is 0.728. The third-order valence-electron chi connectivity index (χ3n) is 5.29. The summed E-state index contributed by atoms with van der Waals surface area (Å²) in [6.45, 7) is 0.198. The fraction of sp³-hybridized carbons (Fsp3) is 0.174. The van der Waals surface area contributed by atoms with E-state index in [-0.39, 0.29) is 18.9 Å². The summed E-state index contributed by atoms with van der Waals surface area (Å²) in [5.41, 5.74) is 4.33. The smallest absolute Gasteiger partial charge is 0.262 e. The Balaban J connectivity index is 1.61. The molecule has 29 heavy (non-hydrogen) atoms. The van der Waals surface area contributed by atoms with Gasteiger partial charge in [0.05, 0.1) is 11.3 Å². The molecule has 6 heteroatoms. The van der Waals surface area contributed by atoms with Crippen LogP contribution in [0.25, 0.3) is 0 Å². The minimum absolute atomic E-state index is 0.0556. The maximum atomic E-state index is 13.5. The highest BCUT2D eigenvalue weighted by atomic mass is 16.7. The van der Waals surface area contributed by atoms with Crippen LogP contribution < -0.4 is 24.6 Å². The van der Waals surface area contributed by atoms with E-state index in [0.29, 0.717) is 17.1 Å². The van der Waals surface area contributed by atoms with E-state index in [0.717, 1.165) is 22.6 Å². The minimum atomic E-state index is -0.339. The van der Waals surface area contributed by atoms with Crippen molar-refractivity contribution in [3.8, 4) is 11.5 Å². The number of hydrogen-bond acceptors (Lipinski definition) is 5. The molecule has 0 spiro atoms. The Morgan fingerprint density at radius 1 is 0.966 bits per heavy atom. The molecule has 0 radical (unpaired) electrons. The fourth-order valence-corrected chi connectivity index (χ4v) is 3.74. The van der Waals surface area contributed by atoms with Crippen molar-refractivity contribution in [2.45, 2.75) is 6.17 Å². The predicted octanol–water partition coefficient (Wildman–Crippen LogP) is 4.25. The van der Waals surface area contributed by atoms with Gasteiger partial charge in [-0.25, -0.2) is 0 Å². The Morgan fingerprint density at radius 2 is 1.72 bits per heavy atom. The molecule has 0 saturated carbocycles. The molecule has 0 bridgehead atoms. The van der Waals surface area contributed by atoms with Gasteiger partial charge in [0.2, 0.25) is 6.79 Å². The summed E-state index contributed by atoms with van der Waals surface area (Å²) in [5, 5.41) is 3.53. The van der Waals surface area contributed by atoms with E-state index in [1.807, 2.05) is 73.6 Å². The number of carbonyl (C=O) groups excluding carboxylic acids is 1. The average molecular weight is 387 g/mol. The van der Waals surface area contributed by atoms with Crippen LogP contribution >= 0.6 is 0 Å². The van der Waals surface area contributed by atoms with Crippen molar-refractivity contribution in [3.63, 3.8) is 0 Å². The maximum absolute atomic E-state index is 13.5. The van der Waals surface area contributed by atoms with Crippen molar-refractivity contribution in [2.24, 2.45) is 0 Å². The molecule has 2 aliphatic rings. The lowest BCUT2D eigenvalue weighted by Gasteiger charge is -2.38. The Kier molecular flexibility index (Phi) is 4.05. The Bertz CT molecular complexity index is 1080. The second-order valence-corrected chi connectivity index (χ2v) is 7.29. The molecule has 1 amide bonds. The van der Waals surface area contributed by atoms with Crippen molar-refractivity contribution in [2.75, 3.05) is 36.0 Å². The van der Waals surface area contributed by atoms with Crippen LogP contribution in [0.15, 0.2) is 66.7 Å². The monoisotopic (exact) mass is 387 g/mol. The molecule has 0 fully saturated rings. The standard InChI is InChI=1S/C23H21N3O3/c1-25(2)16-9-7-15(8-10-16)22-24-19-6-4-3-5-18(19)23(27)26(22)17-11-12-20-21(13-17)29-14-28-20/h3-13,22,24H,14H2,1-2H3/t22-/m1/s1. The van der Waals surface area contributed by atoms with Crippen LogP contribution in [-0.2, 0) is 0 Å². The zero-order chi connectivity index (χ0) is 20.0. The second-order valence-electron chi connectivity index (χ2n) is 7.29. The van der Waals surface area contributed by atoms with Gasteiger partial charge in [-0.3, -0.25) is 9.69 Å². The first-order chi connectivity index (χ1) is 14.1. The van der Waals surface area contributed by atoms with Crippen LogP contribution in [0.4, 0.5) is 17.1 Å². The zero-order valence-corrected chi connectivity index (χ0v) is 16.3. The van der Waals surface area contributed by atoms with Gasteiger partial charge in [-0.05, 0) is 42.0 Å². The van der Waals surface area contributed by atoms with Gasteiger partial charge in [-0.2, -0.15) is 0 Å². The summed E-state index contributed by atoms with van der Waals surface area (Å²) in [5.74, 6) is 1.29. The number of fused-ring (bicyclic) bond motifs is 2. The molecule has 3 aromatic rings. The largest absolute Gasteiger partial charge is 0.454 e. The predicted molar refractivity (Wildman–Crippen MR) is 113 cm³/mol. The molecule has 2 heterocycles. The lowest BCUT2D eigenvalue weighted by atomic mass is 10.0. The molecule has 5 rings (SSSR count). The number of anilines is 3. The third kappa shape index (κ3) is 2.93. The molecule has 2 aliphatic heterocycles. The van der Waals surface area contributed by atoms with E-state index in [2.05, 4.69) is 17.4 Å². The highest BCUT2D eigenvalue weighted by Gasteiger charge is 2.34. The van der Waals surface area contributed by atoms with Gasteiger partial charge in [0.25, 0.3) is 5.91 Å². The van der Waals surface area contributed by atoms with Crippen LogP contribution in [0.3, 0.4) is 0 Å². The number of nitrogens with one attached hydrogen (secondary N) is 1. The minimum Gasteiger partial charge on any atom is -0.454 e. The van der Waals surface area contributed by atoms with Crippen LogP contribution in [0.1, 0.15) is 22.1 Å². The van der Waals surface area contributed by atoms with E-state index < -0.39 is 0 Å². The van der Waals surface area contributed by atoms with Gasteiger partial charge in [0.15, 0.2) is 11.5 Å². The Labute approximate surface area is 169 Å². The topological polar surface area (TPSA) is 54.0 Å². The molecular formula is C23H21N3O3. The van der Waals surface area contributed by atoms with Gasteiger partial charge >= 0.3 is 0 Å². The molecule has 6 nitrogen and oxygen atoms in total. The van der Waals surface area contributed by atoms with Crippen molar-refractivity contribution >= 4 is 23.0 Å². The van der Waals surface area contributed by atoms with Gasteiger partial charge in [-0.15, -0.1) is 0 Å². The summed E-state index contributed by atoms with van der Waals surface area (Å²) < 4.78 is 11.0. The number of rotatable bonds is 3. The first kappa shape index (κ1) is 17.4. The van der Waals surface area contributed by atoms with E-state index in [4.69, 9.17) is 9.47 Å². The van der Waals surface area contributed by atoms with Crippen molar-refractivity contribution < 1.29 is 14.3 Å². The lowest BCUT2D eigenvalue weighted by molar-refractivity contribution is 0.0975. The summed E-state index contributed by atoms with van der Waals surface area (Å²) >= 11 is 0. The van der Waals surface area contributed by atoms with Crippen molar-refractivity contribution in [1.29, 1.82) is 0 Å². The first-order valence-corrected chi connectivity index (χ1v) is 9.48. The van der Waals surface area contributed by atoms with Crippen LogP contribution in [0.5, 0.6) is 11.5 Å². The van der Waals surface area contributed by atoms with Crippen molar-refractivity contribution in [1.82, 2.24) is 0 Å². The van der Waals surface area contributed by atoms with E-state index in [1.54, 1.807) is 4.90 Å². The molecular weight excluding hydrogens is 366 g/mol. The van der Waals surface area contributed by atoms with Gasteiger partial charge in [-0.1, -0.05) is 24.3 Å². The average Bonchev–Trinajstić information content (AvgIpc) is 3.21. The maximum Gasteiger partial charge on any atom is 0.262 e. The molecule has 0 aromatic heterocycles. The number of hydrogen-bond donors (Lipinski definition) is 1. The summed E-state index contributed by atoms with van der Waals surface area (Å²) in [6, 6.07) is 21.4. The number of nitrogens with zero attached hydrogens (tertiary/aromatic N) is 2. The molecule has 1 N–H and O–H groups in total. The lowest BCUT2D eigenvalue weighted by Crippen LogP contribution is -2.43. The summed E-state index contributed by atoms with van der Waals surface area (Å²) in [4.78, 5) is 17.3. The SMILES string of the molecule is CN(C)c1ccc([C@@H]2Nc3ccccc3C(=O)N2c2ccc3c(c2)OCO3)cc1. The molecule has 146 valence electrons. The number of ether oxygens (including phenoxy) is 2. The summed E-state index contributed by atoms with van der Waals surface area (Å²) in [7, 11) is 4.01. The van der Waals surface area contributed by atoms with Gasteiger partial charge in [0.1, 0.15) is 6.17 Å².